The molecule has 86 valence electrons. The van der Waals surface area contributed by atoms with E-state index >= 15 is 0 Å². The van der Waals surface area contributed by atoms with Gasteiger partial charge in [-0.1, -0.05) is 0 Å². The number of carbonyl (C=O) groups excluding carboxylic acids is 1. The molecule has 0 radical (unpaired) electrons. The van der Waals surface area contributed by atoms with Gasteiger partial charge in [-0.25, -0.2) is 0 Å². The maximum Gasteiger partial charge on any atom is 0.203 e. The van der Waals surface area contributed by atoms with Gasteiger partial charge in [0.15, 0.2) is 17.3 Å². The molecular weight excluding hydrogens is 208 g/mol. The number of hydrogen-bond acceptors (Lipinski definition) is 4. The molecular formula is C12H14O4. The second-order valence-electron chi connectivity index (χ2n) is 3.18. The molecule has 4 heteroatoms. The molecule has 0 unspecified atom stereocenters. The van der Waals surface area contributed by atoms with E-state index in [-0.39, 0.29) is 17.3 Å². The van der Waals surface area contributed by atoms with Crippen LogP contribution >= 0.6 is 0 Å². The van der Waals surface area contributed by atoms with Crippen LogP contribution in [0.3, 0.4) is 0 Å². The molecule has 0 spiro atoms. The Kier molecular flexibility index (Phi) is 3.94. The van der Waals surface area contributed by atoms with Crippen LogP contribution in [-0.2, 0) is 4.79 Å². The normalized spacial score (nSPS) is 10.4. The van der Waals surface area contributed by atoms with E-state index < -0.39 is 0 Å². The van der Waals surface area contributed by atoms with Crippen LogP contribution in [0.5, 0.6) is 17.2 Å². The molecule has 0 aromatic heterocycles. The Labute approximate surface area is 94.1 Å². The van der Waals surface area contributed by atoms with Crippen LogP contribution in [0, 0.1) is 0 Å². The number of aromatic hydroxyl groups is 1. The molecule has 4 nitrogen and oxygen atoms in total. The van der Waals surface area contributed by atoms with E-state index in [1.165, 1.54) is 33.3 Å². The minimum absolute atomic E-state index is 0.0423. The summed E-state index contributed by atoms with van der Waals surface area (Å²) < 4.78 is 10.0. The molecule has 0 aliphatic carbocycles. The van der Waals surface area contributed by atoms with E-state index in [1.807, 2.05) is 0 Å². The van der Waals surface area contributed by atoms with Crippen molar-refractivity contribution < 1.29 is 19.4 Å². The number of carbonyl (C=O) groups is 1. The molecule has 0 aliphatic heterocycles. The van der Waals surface area contributed by atoms with Gasteiger partial charge < -0.3 is 14.6 Å². The molecule has 1 rings (SSSR count). The summed E-state index contributed by atoms with van der Waals surface area (Å²) in [5.41, 5.74) is 0.507. The lowest BCUT2D eigenvalue weighted by molar-refractivity contribution is -0.112. The number of rotatable bonds is 4. The number of ether oxygens (including phenoxy) is 2. The number of ketones is 1. The number of hydrogen-bond donors (Lipinski definition) is 1. The minimum Gasteiger partial charge on any atom is -0.504 e. The fourth-order valence-corrected chi connectivity index (χ4v) is 1.27. The quantitative estimate of drug-likeness (QED) is 0.792. The Morgan fingerprint density at radius 3 is 2.50 bits per heavy atom. The van der Waals surface area contributed by atoms with Crippen LogP contribution < -0.4 is 9.47 Å². The summed E-state index contributed by atoms with van der Waals surface area (Å²) in [6.45, 7) is 1.44. The van der Waals surface area contributed by atoms with Crippen molar-refractivity contribution >= 4 is 11.9 Å². The Hall–Kier alpha value is -1.97. The smallest absolute Gasteiger partial charge is 0.203 e. The van der Waals surface area contributed by atoms with Gasteiger partial charge in [-0.05, 0) is 31.2 Å². The molecule has 0 saturated carbocycles. The first-order chi connectivity index (χ1) is 7.60. The van der Waals surface area contributed by atoms with Crippen molar-refractivity contribution in [3.05, 3.63) is 23.8 Å². The second kappa shape index (κ2) is 5.21. The monoisotopic (exact) mass is 222 g/mol. The summed E-state index contributed by atoms with van der Waals surface area (Å²) in [5, 5.41) is 9.85. The zero-order valence-corrected chi connectivity index (χ0v) is 9.48. The van der Waals surface area contributed by atoms with E-state index in [2.05, 4.69) is 0 Å². The van der Waals surface area contributed by atoms with Gasteiger partial charge in [-0.2, -0.15) is 0 Å². The molecule has 0 amide bonds. The lowest BCUT2D eigenvalue weighted by Gasteiger charge is -2.10. The molecule has 0 bridgehead atoms. The third kappa shape index (κ3) is 2.53. The van der Waals surface area contributed by atoms with E-state index in [9.17, 15) is 9.90 Å². The molecule has 16 heavy (non-hydrogen) atoms. The predicted octanol–water partition coefficient (Wildman–Crippen LogP) is 2.01. The summed E-state index contributed by atoms with van der Waals surface area (Å²) in [6.07, 6.45) is 2.90. The highest BCUT2D eigenvalue weighted by molar-refractivity contribution is 5.92. The molecule has 0 saturated heterocycles. The highest BCUT2D eigenvalue weighted by Crippen LogP contribution is 2.39. The third-order valence-corrected chi connectivity index (χ3v) is 2.05. The topological polar surface area (TPSA) is 55.8 Å². The average molecular weight is 222 g/mol. The van der Waals surface area contributed by atoms with Crippen molar-refractivity contribution in [1.82, 2.24) is 0 Å². The van der Waals surface area contributed by atoms with Gasteiger partial charge in [0.2, 0.25) is 5.75 Å². The molecule has 0 heterocycles. The second-order valence-corrected chi connectivity index (χ2v) is 3.18. The lowest BCUT2D eigenvalue weighted by Crippen LogP contribution is -1.92. The lowest BCUT2D eigenvalue weighted by atomic mass is 10.1. The van der Waals surface area contributed by atoms with Crippen LogP contribution in [-0.4, -0.2) is 25.1 Å². The Morgan fingerprint density at radius 1 is 1.31 bits per heavy atom. The number of phenols is 1. The largest absolute Gasteiger partial charge is 0.504 e. The Bertz CT molecular complexity index is 421. The molecule has 0 aliphatic rings. The van der Waals surface area contributed by atoms with Gasteiger partial charge in [0.1, 0.15) is 0 Å². The Balaban J connectivity index is 3.18. The molecule has 0 atom stereocenters. The highest BCUT2D eigenvalue weighted by Gasteiger charge is 2.12. The van der Waals surface area contributed by atoms with E-state index in [1.54, 1.807) is 12.1 Å². The average Bonchev–Trinajstić information content (AvgIpc) is 2.26. The number of allylic oxidation sites excluding steroid dienone is 1. The van der Waals surface area contributed by atoms with E-state index in [0.717, 1.165) is 0 Å². The Morgan fingerprint density at radius 2 is 2.00 bits per heavy atom. The number of methoxy groups -OCH3 is 2. The van der Waals surface area contributed by atoms with E-state index in [0.29, 0.717) is 11.3 Å². The minimum atomic E-state index is -0.0887. The summed E-state index contributed by atoms with van der Waals surface area (Å²) >= 11 is 0. The fraction of sp³-hybridized carbons (Fsp3) is 0.250. The molecule has 1 aromatic carbocycles. The van der Waals surface area contributed by atoms with Crippen LogP contribution in [0.4, 0.5) is 0 Å². The highest BCUT2D eigenvalue weighted by atomic mass is 16.5. The first-order valence-corrected chi connectivity index (χ1v) is 4.72. The first-order valence-electron chi connectivity index (χ1n) is 4.72. The maximum atomic E-state index is 10.8. The predicted molar refractivity (Wildman–Crippen MR) is 60.9 cm³/mol. The van der Waals surface area contributed by atoms with Crippen LogP contribution in [0.1, 0.15) is 12.5 Å². The van der Waals surface area contributed by atoms with Crippen LogP contribution in [0.25, 0.3) is 6.08 Å². The van der Waals surface area contributed by atoms with Crippen LogP contribution in [0.15, 0.2) is 18.2 Å². The fourth-order valence-electron chi connectivity index (χ4n) is 1.27. The van der Waals surface area contributed by atoms with Crippen molar-refractivity contribution in [2.45, 2.75) is 6.92 Å². The van der Waals surface area contributed by atoms with Crippen LogP contribution in [0.2, 0.25) is 0 Å². The van der Waals surface area contributed by atoms with Gasteiger partial charge in [0.25, 0.3) is 0 Å². The summed E-state index contributed by atoms with van der Waals surface area (Å²) in [4.78, 5) is 10.8. The number of phenolic OH excluding ortho intramolecular Hbond substituents is 1. The summed E-state index contributed by atoms with van der Waals surface area (Å²) in [7, 11) is 2.93. The summed E-state index contributed by atoms with van der Waals surface area (Å²) in [5.74, 6) is 0.571. The van der Waals surface area contributed by atoms with Crippen molar-refractivity contribution in [1.29, 1.82) is 0 Å². The standard InChI is InChI=1S/C12H14O4/c1-8(13)4-5-9-6-7-10(15-2)12(16-3)11(9)14/h4-7,14H,1-3H3/b5-4+. The molecule has 0 fully saturated rings. The van der Waals surface area contributed by atoms with Gasteiger partial charge >= 0.3 is 0 Å². The van der Waals surface area contributed by atoms with Gasteiger partial charge in [0, 0.05) is 5.56 Å². The molecule has 1 N–H and O–H groups in total. The SMILES string of the molecule is COc1ccc(/C=C/C(C)=O)c(O)c1OC. The summed E-state index contributed by atoms with van der Waals surface area (Å²) in [6, 6.07) is 3.31. The third-order valence-electron chi connectivity index (χ3n) is 2.05. The maximum absolute atomic E-state index is 10.8. The first kappa shape index (κ1) is 12.1. The van der Waals surface area contributed by atoms with Crippen molar-refractivity contribution in [2.24, 2.45) is 0 Å². The van der Waals surface area contributed by atoms with Crippen molar-refractivity contribution in [3.63, 3.8) is 0 Å². The van der Waals surface area contributed by atoms with Gasteiger partial charge in [-0.15, -0.1) is 0 Å². The number of benzene rings is 1. The van der Waals surface area contributed by atoms with E-state index in [4.69, 9.17) is 9.47 Å². The zero-order chi connectivity index (χ0) is 12.1. The van der Waals surface area contributed by atoms with Crippen molar-refractivity contribution in [2.75, 3.05) is 14.2 Å². The molecule has 1 aromatic rings. The van der Waals surface area contributed by atoms with Gasteiger partial charge in [-0.3, -0.25) is 4.79 Å². The zero-order valence-electron chi connectivity index (χ0n) is 9.48. The van der Waals surface area contributed by atoms with Gasteiger partial charge in [0.05, 0.1) is 14.2 Å². The van der Waals surface area contributed by atoms with Crippen molar-refractivity contribution in [3.8, 4) is 17.2 Å².